The molecule has 0 spiro atoms. The predicted octanol–water partition coefficient (Wildman–Crippen LogP) is 4.08. The summed E-state index contributed by atoms with van der Waals surface area (Å²) in [6.45, 7) is 6.94. The molecule has 0 N–H and O–H groups in total. The summed E-state index contributed by atoms with van der Waals surface area (Å²) in [6, 6.07) is 3.75. The largest absolute Gasteiger partial charge is 0.493 e. The van der Waals surface area contributed by atoms with Crippen molar-refractivity contribution in [1.29, 1.82) is 0 Å². The van der Waals surface area contributed by atoms with E-state index in [0.717, 1.165) is 41.8 Å². The summed E-state index contributed by atoms with van der Waals surface area (Å²) in [5.74, 6) is 0.937. The van der Waals surface area contributed by atoms with Crippen LogP contribution in [0.3, 0.4) is 0 Å². The second kappa shape index (κ2) is 7.10. The van der Waals surface area contributed by atoms with Crippen LogP contribution < -0.4 is 4.74 Å². The highest BCUT2D eigenvalue weighted by molar-refractivity contribution is 5.76. The number of hydrogen-bond donors (Lipinski definition) is 0. The highest BCUT2D eigenvalue weighted by atomic mass is 16.5. The molecule has 0 amide bonds. The molecule has 0 saturated heterocycles. The van der Waals surface area contributed by atoms with Crippen molar-refractivity contribution in [3.8, 4) is 5.75 Å². The van der Waals surface area contributed by atoms with Gasteiger partial charge >= 0.3 is 0 Å². The third-order valence-electron chi connectivity index (χ3n) is 2.86. The van der Waals surface area contributed by atoms with Crippen LogP contribution in [0.1, 0.15) is 54.1 Å². The maximum absolute atomic E-state index is 10.7. The van der Waals surface area contributed by atoms with Gasteiger partial charge in [-0.1, -0.05) is 26.2 Å². The van der Waals surface area contributed by atoms with E-state index in [-0.39, 0.29) is 0 Å². The Morgan fingerprint density at radius 1 is 1.12 bits per heavy atom. The Morgan fingerprint density at radius 3 is 2.29 bits per heavy atom. The lowest BCUT2D eigenvalue weighted by atomic mass is 10.1. The fourth-order valence-corrected chi connectivity index (χ4v) is 1.98. The second-order valence-electron chi connectivity index (χ2n) is 4.51. The Balaban J connectivity index is 2.56. The predicted molar refractivity (Wildman–Crippen MR) is 70.9 cm³/mol. The molecule has 17 heavy (non-hydrogen) atoms. The molecule has 2 nitrogen and oxygen atoms in total. The van der Waals surface area contributed by atoms with Crippen molar-refractivity contribution < 1.29 is 9.53 Å². The van der Waals surface area contributed by atoms with E-state index in [2.05, 4.69) is 6.92 Å². The van der Waals surface area contributed by atoms with Gasteiger partial charge in [0.25, 0.3) is 0 Å². The molecule has 0 aliphatic rings. The van der Waals surface area contributed by atoms with Crippen molar-refractivity contribution >= 4 is 6.29 Å². The Labute approximate surface area is 104 Å². The summed E-state index contributed by atoms with van der Waals surface area (Å²) in [6.07, 6.45) is 5.71. The van der Waals surface area contributed by atoms with Crippen molar-refractivity contribution in [2.24, 2.45) is 0 Å². The number of carbonyl (C=O) groups excluding carboxylic acids is 1. The third-order valence-corrected chi connectivity index (χ3v) is 2.86. The minimum Gasteiger partial charge on any atom is -0.493 e. The summed E-state index contributed by atoms with van der Waals surface area (Å²) >= 11 is 0. The van der Waals surface area contributed by atoms with Crippen molar-refractivity contribution in [3.05, 3.63) is 28.8 Å². The van der Waals surface area contributed by atoms with Gasteiger partial charge in [-0.15, -0.1) is 0 Å². The van der Waals surface area contributed by atoms with Crippen LogP contribution in [0.4, 0.5) is 0 Å². The van der Waals surface area contributed by atoms with E-state index < -0.39 is 0 Å². The molecule has 0 fully saturated rings. The van der Waals surface area contributed by atoms with Gasteiger partial charge in [0.1, 0.15) is 12.0 Å². The number of ether oxygens (including phenoxy) is 1. The molecule has 0 saturated carbocycles. The second-order valence-corrected chi connectivity index (χ2v) is 4.51. The molecule has 0 unspecified atom stereocenters. The van der Waals surface area contributed by atoms with Crippen molar-refractivity contribution in [1.82, 2.24) is 0 Å². The molecule has 1 aromatic rings. The molecular formula is C15H22O2. The number of rotatable bonds is 7. The summed E-state index contributed by atoms with van der Waals surface area (Å²) in [4.78, 5) is 10.7. The lowest BCUT2D eigenvalue weighted by molar-refractivity contribution is 0.112. The third kappa shape index (κ3) is 4.22. The zero-order chi connectivity index (χ0) is 12.7. The van der Waals surface area contributed by atoms with Crippen LogP contribution in [0.15, 0.2) is 12.1 Å². The average Bonchev–Trinajstić information content (AvgIpc) is 2.31. The van der Waals surface area contributed by atoms with Crippen LogP contribution in [0.5, 0.6) is 5.75 Å². The molecule has 0 atom stereocenters. The summed E-state index contributed by atoms with van der Waals surface area (Å²) in [5, 5.41) is 0. The van der Waals surface area contributed by atoms with E-state index in [0.29, 0.717) is 0 Å². The zero-order valence-corrected chi connectivity index (χ0v) is 11.1. The molecule has 0 radical (unpaired) electrons. The first-order chi connectivity index (χ1) is 8.19. The Hall–Kier alpha value is -1.31. The lowest BCUT2D eigenvalue weighted by Gasteiger charge is -2.12. The highest BCUT2D eigenvalue weighted by Gasteiger charge is 2.05. The van der Waals surface area contributed by atoms with Gasteiger partial charge < -0.3 is 4.74 Å². The van der Waals surface area contributed by atoms with E-state index in [1.54, 1.807) is 0 Å². The van der Waals surface area contributed by atoms with Crippen LogP contribution in [0.25, 0.3) is 0 Å². The van der Waals surface area contributed by atoms with Gasteiger partial charge in [-0.05, 0) is 43.5 Å². The summed E-state index contributed by atoms with van der Waals surface area (Å²) < 4.78 is 5.80. The Kier molecular flexibility index (Phi) is 5.75. The maximum atomic E-state index is 10.7. The first-order valence-electron chi connectivity index (χ1n) is 6.38. The standard InChI is InChI=1S/C15H22O2/c1-4-5-6-7-8-17-15-12(2)9-14(11-16)10-13(15)3/h9-11H,4-8H2,1-3H3. The van der Waals surface area contributed by atoms with Crippen molar-refractivity contribution in [2.45, 2.75) is 46.5 Å². The average molecular weight is 234 g/mol. The Morgan fingerprint density at radius 2 is 1.76 bits per heavy atom. The van der Waals surface area contributed by atoms with Gasteiger partial charge in [-0.25, -0.2) is 0 Å². The number of aryl methyl sites for hydroxylation is 2. The number of aldehydes is 1. The number of hydrogen-bond acceptors (Lipinski definition) is 2. The van der Waals surface area contributed by atoms with Crippen LogP contribution in [0, 0.1) is 13.8 Å². The number of benzene rings is 1. The lowest BCUT2D eigenvalue weighted by Crippen LogP contribution is -2.01. The zero-order valence-electron chi connectivity index (χ0n) is 11.1. The fraction of sp³-hybridized carbons (Fsp3) is 0.533. The van der Waals surface area contributed by atoms with Crippen LogP contribution in [0.2, 0.25) is 0 Å². The number of unbranched alkanes of at least 4 members (excludes halogenated alkanes) is 3. The minimum atomic E-state index is 0.721. The van der Waals surface area contributed by atoms with Crippen molar-refractivity contribution in [3.63, 3.8) is 0 Å². The smallest absolute Gasteiger partial charge is 0.150 e. The maximum Gasteiger partial charge on any atom is 0.150 e. The molecular weight excluding hydrogens is 212 g/mol. The molecule has 2 heteroatoms. The first-order valence-corrected chi connectivity index (χ1v) is 6.38. The van der Waals surface area contributed by atoms with Crippen LogP contribution in [-0.4, -0.2) is 12.9 Å². The summed E-state index contributed by atoms with van der Waals surface area (Å²) in [7, 11) is 0. The first kappa shape index (κ1) is 13.8. The molecule has 94 valence electrons. The minimum absolute atomic E-state index is 0.721. The molecule has 0 aromatic heterocycles. The van der Waals surface area contributed by atoms with Crippen LogP contribution in [-0.2, 0) is 0 Å². The van der Waals surface area contributed by atoms with Crippen LogP contribution >= 0.6 is 0 Å². The SMILES string of the molecule is CCCCCCOc1c(C)cc(C=O)cc1C. The monoisotopic (exact) mass is 234 g/mol. The van der Waals surface area contributed by atoms with E-state index in [4.69, 9.17) is 4.74 Å². The van der Waals surface area contributed by atoms with E-state index in [1.807, 2.05) is 26.0 Å². The molecule has 0 aliphatic heterocycles. The van der Waals surface area contributed by atoms with E-state index in [9.17, 15) is 4.79 Å². The molecule has 0 aliphatic carbocycles. The molecule has 1 rings (SSSR count). The van der Waals surface area contributed by atoms with E-state index >= 15 is 0 Å². The van der Waals surface area contributed by atoms with E-state index in [1.165, 1.54) is 19.3 Å². The fourth-order valence-electron chi connectivity index (χ4n) is 1.98. The van der Waals surface area contributed by atoms with Crippen molar-refractivity contribution in [2.75, 3.05) is 6.61 Å². The Bertz CT molecular complexity index is 346. The van der Waals surface area contributed by atoms with Gasteiger partial charge in [0.05, 0.1) is 6.61 Å². The van der Waals surface area contributed by atoms with Gasteiger partial charge in [0.15, 0.2) is 0 Å². The molecule has 0 bridgehead atoms. The van der Waals surface area contributed by atoms with Gasteiger partial charge in [0.2, 0.25) is 0 Å². The topological polar surface area (TPSA) is 26.3 Å². The quantitative estimate of drug-likeness (QED) is 0.525. The normalized spacial score (nSPS) is 10.3. The van der Waals surface area contributed by atoms with Gasteiger partial charge in [0, 0.05) is 5.56 Å². The molecule has 0 heterocycles. The molecule has 1 aromatic carbocycles. The van der Waals surface area contributed by atoms with Gasteiger partial charge in [-0.3, -0.25) is 4.79 Å². The number of carbonyl (C=O) groups is 1. The van der Waals surface area contributed by atoms with Gasteiger partial charge in [-0.2, -0.15) is 0 Å². The summed E-state index contributed by atoms with van der Waals surface area (Å²) in [5.41, 5.74) is 2.81. The highest BCUT2D eigenvalue weighted by Crippen LogP contribution is 2.24.